The van der Waals surface area contributed by atoms with Crippen molar-refractivity contribution in [3.63, 3.8) is 0 Å². The summed E-state index contributed by atoms with van der Waals surface area (Å²) in [7, 11) is 0. The Morgan fingerprint density at radius 2 is 1.87 bits per heavy atom. The van der Waals surface area contributed by atoms with Gasteiger partial charge >= 0.3 is 0 Å². The number of hydrogen-bond donors (Lipinski definition) is 1. The molecular formula is C13H29NO. The molecule has 0 bridgehead atoms. The third-order valence-electron chi connectivity index (χ3n) is 2.41. The van der Waals surface area contributed by atoms with E-state index in [0.717, 1.165) is 19.6 Å². The van der Waals surface area contributed by atoms with Gasteiger partial charge in [0.15, 0.2) is 0 Å². The van der Waals surface area contributed by atoms with E-state index < -0.39 is 0 Å². The molecule has 0 amide bonds. The van der Waals surface area contributed by atoms with Crippen molar-refractivity contribution in [3.05, 3.63) is 0 Å². The van der Waals surface area contributed by atoms with Crippen LogP contribution in [0.5, 0.6) is 0 Å². The Morgan fingerprint density at radius 3 is 2.33 bits per heavy atom. The van der Waals surface area contributed by atoms with Gasteiger partial charge in [-0.3, -0.25) is 0 Å². The predicted molar refractivity (Wildman–Crippen MR) is 67.3 cm³/mol. The maximum atomic E-state index is 5.70. The fourth-order valence-corrected chi connectivity index (χ4v) is 1.51. The van der Waals surface area contributed by atoms with Crippen LogP contribution in [0.2, 0.25) is 0 Å². The van der Waals surface area contributed by atoms with Gasteiger partial charge in [-0.2, -0.15) is 0 Å². The second-order valence-corrected chi connectivity index (χ2v) is 5.16. The van der Waals surface area contributed by atoms with E-state index in [9.17, 15) is 0 Å². The summed E-state index contributed by atoms with van der Waals surface area (Å²) in [5.41, 5.74) is 0.0125. The summed E-state index contributed by atoms with van der Waals surface area (Å²) in [6, 6.07) is 0.675. The highest BCUT2D eigenvalue weighted by atomic mass is 16.5. The van der Waals surface area contributed by atoms with E-state index >= 15 is 0 Å². The van der Waals surface area contributed by atoms with Crippen LogP contribution in [-0.4, -0.2) is 24.8 Å². The van der Waals surface area contributed by atoms with Crippen LogP contribution >= 0.6 is 0 Å². The van der Waals surface area contributed by atoms with Crippen molar-refractivity contribution in [1.82, 2.24) is 5.32 Å². The molecule has 0 saturated carbocycles. The average Bonchev–Trinajstić information content (AvgIpc) is 2.15. The van der Waals surface area contributed by atoms with Crippen LogP contribution in [0.1, 0.15) is 60.3 Å². The summed E-state index contributed by atoms with van der Waals surface area (Å²) < 4.78 is 5.70. The smallest absolute Gasteiger partial charge is 0.0598 e. The Balaban J connectivity index is 3.46. The molecule has 1 N–H and O–H groups in total. The lowest BCUT2D eigenvalue weighted by atomic mass is 10.1. The molecule has 2 nitrogen and oxygen atoms in total. The van der Waals surface area contributed by atoms with Gasteiger partial charge in [-0.1, -0.05) is 13.8 Å². The fourth-order valence-electron chi connectivity index (χ4n) is 1.51. The molecule has 0 heterocycles. The summed E-state index contributed by atoms with van der Waals surface area (Å²) >= 11 is 0. The summed E-state index contributed by atoms with van der Waals surface area (Å²) in [6.07, 6.45) is 4.82. The van der Waals surface area contributed by atoms with E-state index in [4.69, 9.17) is 4.74 Å². The first-order valence-corrected chi connectivity index (χ1v) is 6.37. The number of rotatable bonds is 8. The fraction of sp³-hybridized carbons (Fsp3) is 1.00. The molecule has 92 valence electrons. The monoisotopic (exact) mass is 215 g/mol. The molecule has 0 rings (SSSR count). The van der Waals surface area contributed by atoms with Gasteiger partial charge in [-0.15, -0.1) is 0 Å². The van der Waals surface area contributed by atoms with Gasteiger partial charge in [0.05, 0.1) is 5.60 Å². The number of nitrogens with one attached hydrogen (secondary N) is 1. The molecule has 0 radical (unpaired) electrons. The minimum Gasteiger partial charge on any atom is -0.376 e. The van der Waals surface area contributed by atoms with E-state index in [1.54, 1.807) is 0 Å². The topological polar surface area (TPSA) is 21.3 Å². The quantitative estimate of drug-likeness (QED) is 0.627. The lowest BCUT2D eigenvalue weighted by Crippen LogP contribution is -2.29. The summed E-state index contributed by atoms with van der Waals surface area (Å²) in [6.45, 7) is 12.8. The molecule has 0 aliphatic carbocycles. The molecule has 15 heavy (non-hydrogen) atoms. The van der Waals surface area contributed by atoms with E-state index in [1.807, 2.05) is 0 Å². The van der Waals surface area contributed by atoms with Crippen molar-refractivity contribution in [2.24, 2.45) is 0 Å². The molecule has 1 atom stereocenters. The highest BCUT2D eigenvalue weighted by molar-refractivity contribution is 4.65. The normalized spacial score (nSPS) is 14.2. The van der Waals surface area contributed by atoms with Gasteiger partial charge in [-0.05, 0) is 53.0 Å². The van der Waals surface area contributed by atoms with Crippen LogP contribution in [0.3, 0.4) is 0 Å². The second-order valence-electron chi connectivity index (χ2n) is 5.16. The van der Waals surface area contributed by atoms with Crippen molar-refractivity contribution < 1.29 is 4.74 Å². The molecule has 0 aliphatic rings. The zero-order valence-corrected chi connectivity index (χ0v) is 11.2. The zero-order valence-electron chi connectivity index (χ0n) is 11.2. The van der Waals surface area contributed by atoms with Crippen molar-refractivity contribution in [3.8, 4) is 0 Å². The lowest BCUT2D eigenvalue weighted by Gasteiger charge is -2.21. The van der Waals surface area contributed by atoms with E-state index in [2.05, 4.69) is 39.9 Å². The van der Waals surface area contributed by atoms with E-state index in [1.165, 1.54) is 19.3 Å². The third kappa shape index (κ3) is 10.2. The van der Waals surface area contributed by atoms with Crippen molar-refractivity contribution in [2.45, 2.75) is 71.9 Å². The van der Waals surface area contributed by atoms with Gasteiger partial charge in [0.25, 0.3) is 0 Å². The highest BCUT2D eigenvalue weighted by Crippen LogP contribution is 2.09. The zero-order chi connectivity index (χ0) is 11.7. The Hall–Kier alpha value is -0.0800. The van der Waals surface area contributed by atoms with Crippen LogP contribution in [0.15, 0.2) is 0 Å². The summed E-state index contributed by atoms with van der Waals surface area (Å²) in [5.74, 6) is 0. The minimum absolute atomic E-state index is 0.0125. The number of hydrogen-bond acceptors (Lipinski definition) is 2. The van der Waals surface area contributed by atoms with Crippen molar-refractivity contribution >= 4 is 0 Å². The largest absolute Gasteiger partial charge is 0.376 e. The molecular weight excluding hydrogens is 186 g/mol. The van der Waals surface area contributed by atoms with Crippen LogP contribution in [-0.2, 0) is 4.74 Å². The van der Waals surface area contributed by atoms with Gasteiger partial charge in [0, 0.05) is 12.6 Å². The van der Waals surface area contributed by atoms with Crippen LogP contribution in [0, 0.1) is 0 Å². The summed E-state index contributed by atoms with van der Waals surface area (Å²) in [5, 5.41) is 3.56. The SMILES string of the molecule is CCCNC(CC)CCCOC(C)(C)C. The standard InChI is InChI=1S/C13H29NO/c1-6-10-14-12(7-2)9-8-11-15-13(3,4)5/h12,14H,6-11H2,1-5H3. The predicted octanol–water partition coefficient (Wildman–Crippen LogP) is 3.36. The molecule has 0 fully saturated rings. The minimum atomic E-state index is 0.0125. The molecule has 0 aromatic rings. The molecule has 0 aromatic carbocycles. The van der Waals surface area contributed by atoms with Crippen LogP contribution < -0.4 is 5.32 Å². The second kappa shape index (κ2) is 8.12. The van der Waals surface area contributed by atoms with Crippen molar-refractivity contribution in [2.75, 3.05) is 13.2 Å². The maximum absolute atomic E-state index is 5.70. The Labute approximate surface area is 95.8 Å². The highest BCUT2D eigenvalue weighted by Gasteiger charge is 2.10. The first kappa shape index (κ1) is 14.9. The van der Waals surface area contributed by atoms with Crippen LogP contribution in [0.25, 0.3) is 0 Å². The van der Waals surface area contributed by atoms with Gasteiger partial charge in [-0.25, -0.2) is 0 Å². The first-order valence-electron chi connectivity index (χ1n) is 6.37. The van der Waals surface area contributed by atoms with Gasteiger partial charge in [0.1, 0.15) is 0 Å². The Morgan fingerprint density at radius 1 is 1.20 bits per heavy atom. The average molecular weight is 215 g/mol. The summed E-state index contributed by atoms with van der Waals surface area (Å²) in [4.78, 5) is 0. The van der Waals surface area contributed by atoms with E-state index in [0.29, 0.717) is 6.04 Å². The molecule has 2 heteroatoms. The number of ether oxygens (including phenoxy) is 1. The molecule has 0 aliphatic heterocycles. The lowest BCUT2D eigenvalue weighted by molar-refractivity contribution is -0.00540. The third-order valence-corrected chi connectivity index (χ3v) is 2.41. The van der Waals surface area contributed by atoms with Gasteiger partial charge in [0.2, 0.25) is 0 Å². The molecule has 0 spiro atoms. The Bertz CT molecular complexity index is 140. The van der Waals surface area contributed by atoms with Crippen LogP contribution in [0.4, 0.5) is 0 Å². The van der Waals surface area contributed by atoms with E-state index in [-0.39, 0.29) is 5.60 Å². The molecule has 0 saturated heterocycles. The van der Waals surface area contributed by atoms with Gasteiger partial charge < -0.3 is 10.1 Å². The van der Waals surface area contributed by atoms with Crippen molar-refractivity contribution in [1.29, 1.82) is 0 Å². The maximum Gasteiger partial charge on any atom is 0.0598 e. The first-order chi connectivity index (χ1) is 6.99. The molecule has 1 unspecified atom stereocenters. The Kier molecular flexibility index (Phi) is 8.07. The molecule has 0 aromatic heterocycles.